The average Bonchev–Trinajstić information content (AvgIpc) is 3.28. The molecule has 8 rings (SSSR count). The highest BCUT2D eigenvalue weighted by atomic mass is 16.5. The van der Waals surface area contributed by atoms with Crippen LogP contribution in [0, 0.1) is 17.8 Å². The van der Waals surface area contributed by atoms with Gasteiger partial charge in [0.25, 0.3) is 0 Å². The van der Waals surface area contributed by atoms with Crippen molar-refractivity contribution >= 4 is 17.1 Å². The van der Waals surface area contributed by atoms with Gasteiger partial charge in [-0.3, -0.25) is 9.13 Å². The molecule has 2 N–H and O–H groups in total. The first-order chi connectivity index (χ1) is 15.8. The second-order valence-electron chi connectivity index (χ2n) is 11.3. The predicted molar refractivity (Wildman–Crippen MR) is 124 cm³/mol. The summed E-state index contributed by atoms with van der Waals surface area (Å²) in [5, 5.41) is 14.7. The van der Waals surface area contributed by atoms with Crippen LogP contribution in [0.2, 0.25) is 0 Å². The summed E-state index contributed by atoms with van der Waals surface area (Å²) >= 11 is 0. The molecule has 5 aliphatic carbocycles. The summed E-state index contributed by atoms with van der Waals surface area (Å²) in [5.74, 6) is 1.85. The van der Waals surface area contributed by atoms with E-state index >= 15 is 0 Å². The Morgan fingerprint density at radius 1 is 1.21 bits per heavy atom. The van der Waals surface area contributed by atoms with Crippen LogP contribution in [-0.4, -0.2) is 42.5 Å². The third kappa shape index (κ3) is 2.86. The first-order valence-electron chi connectivity index (χ1n) is 12.3. The molecule has 33 heavy (non-hydrogen) atoms. The van der Waals surface area contributed by atoms with Gasteiger partial charge in [0.2, 0.25) is 5.95 Å². The van der Waals surface area contributed by atoms with Crippen molar-refractivity contribution in [3.05, 3.63) is 40.1 Å². The summed E-state index contributed by atoms with van der Waals surface area (Å²) in [4.78, 5) is 23.0. The number of anilines is 1. The molecule has 2 aromatic rings. The molecule has 4 bridgehead atoms. The molecule has 8 heteroatoms. The zero-order chi connectivity index (χ0) is 22.5. The van der Waals surface area contributed by atoms with Crippen LogP contribution in [-0.2, 0) is 17.3 Å². The molecular formula is C25H31N5O3. The van der Waals surface area contributed by atoms with E-state index in [1.807, 2.05) is 4.57 Å². The molecular weight excluding hydrogens is 418 g/mol. The Morgan fingerprint density at radius 3 is 2.76 bits per heavy atom. The highest BCUT2D eigenvalue weighted by molar-refractivity contribution is 5.73. The van der Waals surface area contributed by atoms with Crippen molar-refractivity contribution in [3.63, 3.8) is 0 Å². The number of nitrogens with one attached hydrogen (secondary N) is 1. The first kappa shape index (κ1) is 20.0. The fourth-order valence-corrected chi connectivity index (χ4v) is 7.95. The van der Waals surface area contributed by atoms with Gasteiger partial charge in [0.1, 0.15) is 5.52 Å². The van der Waals surface area contributed by atoms with E-state index in [0.29, 0.717) is 35.8 Å². The van der Waals surface area contributed by atoms with Crippen molar-refractivity contribution in [2.45, 2.75) is 69.1 Å². The molecule has 1 saturated heterocycles. The van der Waals surface area contributed by atoms with Crippen molar-refractivity contribution < 1.29 is 9.84 Å². The molecule has 2 aromatic heterocycles. The van der Waals surface area contributed by atoms with Crippen molar-refractivity contribution in [2.75, 3.05) is 11.9 Å². The van der Waals surface area contributed by atoms with Gasteiger partial charge < -0.3 is 15.2 Å². The summed E-state index contributed by atoms with van der Waals surface area (Å²) in [6.45, 7) is 2.86. The number of ether oxygens (including phenoxy) is 1. The second kappa shape index (κ2) is 6.57. The minimum Gasteiger partial charge on any atom is -0.390 e. The summed E-state index contributed by atoms with van der Waals surface area (Å²) in [5.41, 5.74) is 2.49. The van der Waals surface area contributed by atoms with Crippen LogP contribution in [0.15, 0.2) is 34.4 Å². The van der Waals surface area contributed by atoms with Gasteiger partial charge in [-0.2, -0.15) is 4.98 Å². The van der Waals surface area contributed by atoms with E-state index in [0.717, 1.165) is 55.5 Å². The minimum atomic E-state index is -0.644. The standard InChI is InChI=1S/C25H31N5O3/c1-14-5-20-17(3-4-33-20)7-18(14)27-22-26-12-19-21(28-22)30(23(31)29(19)2)24-8-15-6-16(9-24)11-25(32,10-15)13-24/h5,7,12,15-17,20,32H,3-4,6,8-11,13H2,1-2H3,(H,26,27,28). The van der Waals surface area contributed by atoms with Crippen LogP contribution in [0.1, 0.15) is 51.9 Å². The number of aliphatic hydroxyl groups is 1. The summed E-state index contributed by atoms with van der Waals surface area (Å²) in [6.07, 6.45) is 12.8. The third-order valence-corrected chi connectivity index (χ3v) is 8.92. The Hall–Kier alpha value is -2.45. The molecule has 4 unspecified atom stereocenters. The van der Waals surface area contributed by atoms with Gasteiger partial charge in [-0.15, -0.1) is 0 Å². The number of fused-ring (bicyclic) bond motifs is 2. The van der Waals surface area contributed by atoms with Crippen molar-refractivity contribution in [1.82, 2.24) is 19.1 Å². The molecule has 174 valence electrons. The molecule has 0 spiro atoms. The van der Waals surface area contributed by atoms with Crippen LogP contribution in [0.3, 0.4) is 0 Å². The zero-order valence-corrected chi connectivity index (χ0v) is 19.3. The van der Waals surface area contributed by atoms with Crippen LogP contribution in [0.4, 0.5) is 5.95 Å². The summed E-state index contributed by atoms with van der Waals surface area (Å²) in [7, 11) is 1.80. The minimum absolute atomic E-state index is 0.0547. The second-order valence-corrected chi connectivity index (χ2v) is 11.3. The highest BCUT2D eigenvalue weighted by Crippen LogP contribution is 2.60. The number of imidazole rings is 1. The number of hydrogen-bond donors (Lipinski definition) is 2. The molecule has 0 radical (unpaired) electrons. The molecule has 1 aliphatic heterocycles. The van der Waals surface area contributed by atoms with E-state index < -0.39 is 5.60 Å². The topological polar surface area (TPSA) is 94.2 Å². The number of nitrogens with zero attached hydrogens (tertiary/aromatic N) is 4. The fraction of sp³-hybridized carbons (Fsp3) is 0.640. The maximum Gasteiger partial charge on any atom is 0.330 e. The lowest BCUT2D eigenvalue weighted by Gasteiger charge is -2.60. The largest absolute Gasteiger partial charge is 0.390 e. The smallest absolute Gasteiger partial charge is 0.330 e. The maximum atomic E-state index is 13.5. The van der Waals surface area contributed by atoms with Gasteiger partial charge in [0, 0.05) is 25.3 Å². The van der Waals surface area contributed by atoms with Gasteiger partial charge in [0.05, 0.1) is 23.4 Å². The van der Waals surface area contributed by atoms with Crippen LogP contribution in [0.25, 0.3) is 11.2 Å². The molecule has 4 atom stereocenters. The monoisotopic (exact) mass is 449 g/mol. The van der Waals surface area contributed by atoms with E-state index in [-0.39, 0.29) is 17.3 Å². The van der Waals surface area contributed by atoms with Crippen molar-refractivity contribution in [3.8, 4) is 0 Å². The van der Waals surface area contributed by atoms with Gasteiger partial charge >= 0.3 is 5.69 Å². The van der Waals surface area contributed by atoms with E-state index in [1.54, 1.807) is 17.8 Å². The first-order valence-corrected chi connectivity index (χ1v) is 12.3. The van der Waals surface area contributed by atoms with Gasteiger partial charge in [-0.05, 0) is 69.3 Å². The van der Waals surface area contributed by atoms with Gasteiger partial charge in [-0.25, -0.2) is 9.78 Å². The van der Waals surface area contributed by atoms with Gasteiger partial charge in [0.15, 0.2) is 5.65 Å². The third-order valence-electron chi connectivity index (χ3n) is 8.92. The lowest BCUT2D eigenvalue weighted by Crippen LogP contribution is -2.61. The quantitative estimate of drug-likeness (QED) is 0.748. The van der Waals surface area contributed by atoms with Gasteiger partial charge in [-0.1, -0.05) is 12.2 Å². The molecule has 3 heterocycles. The Labute approximate surface area is 192 Å². The molecule has 8 nitrogen and oxygen atoms in total. The SMILES string of the molecule is CC1=CC2OCCC2C=C1Nc1ncc2c(n1)n(C13CC4CC(CC(O)(C4)C1)C3)c(=O)n2C. The Kier molecular flexibility index (Phi) is 3.98. The normalized spacial score (nSPS) is 39.0. The summed E-state index contributed by atoms with van der Waals surface area (Å²) in [6, 6.07) is 0. The van der Waals surface area contributed by atoms with E-state index in [4.69, 9.17) is 9.72 Å². The lowest BCUT2D eigenvalue weighted by molar-refractivity contribution is -0.156. The Bertz CT molecular complexity index is 1270. The predicted octanol–water partition coefficient (Wildman–Crippen LogP) is 2.83. The molecule has 4 saturated carbocycles. The molecule has 0 aromatic carbocycles. The number of aryl methyl sites for hydroxylation is 1. The van der Waals surface area contributed by atoms with Crippen LogP contribution in [0.5, 0.6) is 0 Å². The van der Waals surface area contributed by atoms with Crippen molar-refractivity contribution in [2.24, 2.45) is 24.8 Å². The molecule has 0 amide bonds. The van der Waals surface area contributed by atoms with Crippen LogP contribution < -0.4 is 11.0 Å². The number of allylic oxidation sites excluding steroid dienone is 1. The highest BCUT2D eigenvalue weighted by Gasteiger charge is 2.59. The van der Waals surface area contributed by atoms with E-state index in [9.17, 15) is 9.90 Å². The number of hydrogen-bond acceptors (Lipinski definition) is 6. The number of rotatable bonds is 3. The molecule has 5 fully saturated rings. The summed E-state index contributed by atoms with van der Waals surface area (Å²) < 4.78 is 9.37. The maximum absolute atomic E-state index is 13.5. The Morgan fingerprint density at radius 2 is 2.00 bits per heavy atom. The Balaban J connectivity index is 1.31. The van der Waals surface area contributed by atoms with Crippen LogP contribution >= 0.6 is 0 Å². The average molecular weight is 450 g/mol. The van der Waals surface area contributed by atoms with E-state index in [2.05, 4.69) is 29.4 Å². The number of aromatic nitrogens is 4. The molecule has 6 aliphatic rings. The lowest BCUT2D eigenvalue weighted by atomic mass is 9.51. The fourth-order valence-electron chi connectivity index (χ4n) is 7.95. The van der Waals surface area contributed by atoms with Crippen molar-refractivity contribution in [1.29, 1.82) is 0 Å². The van der Waals surface area contributed by atoms with E-state index in [1.165, 1.54) is 6.42 Å². The zero-order valence-electron chi connectivity index (χ0n) is 19.3.